The molecule has 122 valence electrons. The summed E-state index contributed by atoms with van der Waals surface area (Å²) in [5.74, 6) is -0.954. The third-order valence-electron chi connectivity index (χ3n) is 5.01. The number of amides is 2. The highest BCUT2D eigenvalue weighted by atomic mass is 32.2. The average Bonchev–Trinajstić information content (AvgIpc) is 2.40. The van der Waals surface area contributed by atoms with E-state index in [0.29, 0.717) is 24.6 Å². The smallest absolute Gasteiger partial charge is 0.315 e. The molecule has 1 fully saturated rings. The second-order valence-corrected chi connectivity index (χ2v) is 7.86. The summed E-state index contributed by atoms with van der Waals surface area (Å²) in [5.41, 5.74) is -0.325. The molecular formula is C15H28N2O3S. The van der Waals surface area contributed by atoms with Gasteiger partial charge in [0.05, 0.1) is 5.92 Å². The summed E-state index contributed by atoms with van der Waals surface area (Å²) in [6.45, 7) is 8.70. The molecule has 1 aliphatic rings. The molecule has 0 aromatic heterocycles. The Morgan fingerprint density at radius 3 is 2.52 bits per heavy atom. The number of hydrogen-bond donors (Lipinski definition) is 3. The van der Waals surface area contributed by atoms with Crippen molar-refractivity contribution in [3.05, 3.63) is 0 Å². The monoisotopic (exact) mass is 316 g/mol. The lowest BCUT2D eigenvalue weighted by molar-refractivity contribution is -0.150. The molecule has 2 amide bonds. The van der Waals surface area contributed by atoms with Crippen molar-refractivity contribution < 1.29 is 14.7 Å². The summed E-state index contributed by atoms with van der Waals surface area (Å²) in [7, 11) is 0. The molecule has 0 aliphatic heterocycles. The average molecular weight is 316 g/mol. The number of carbonyl (C=O) groups excluding carboxylic acids is 1. The molecule has 21 heavy (non-hydrogen) atoms. The van der Waals surface area contributed by atoms with Crippen molar-refractivity contribution in [2.75, 3.05) is 12.8 Å². The van der Waals surface area contributed by atoms with Crippen LogP contribution in [0.4, 0.5) is 4.79 Å². The van der Waals surface area contributed by atoms with Gasteiger partial charge in [-0.1, -0.05) is 27.7 Å². The standard InChI is InChI=1S/C15H28N2O3S/c1-9(21-5)8-16-14(20)17-12-7-6-11(13(18)19)15(3,4)10(12)2/h9-12H,6-8H2,1-5H3,(H,18,19)(H2,16,17,20). The molecule has 0 aromatic carbocycles. The summed E-state index contributed by atoms with van der Waals surface area (Å²) in [6, 6.07) is -0.127. The number of carboxylic acids is 1. The van der Waals surface area contributed by atoms with Crippen LogP contribution in [-0.4, -0.2) is 41.2 Å². The van der Waals surface area contributed by atoms with E-state index in [0.717, 1.165) is 0 Å². The Bertz CT molecular complexity index is 387. The first-order valence-electron chi connectivity index (χ1n) is 7.50. The largest absolute Gasteiger partial charge is 0.481 e. The van der Waals surface area contributed by atoms with E-state index in [-0.39, 0.29) is 29.3 Å². The Hall–Kier alpha value is -0.910. The lowest BCUT2D eigenvalue weighted by Crippen LogP contribution is -2.54. The number of carbonyl (C=O) groups is 2. The van der Waals surface area contributed by atoms with E-state index < -0.39 is 5.97 Å². The van der Waals surface area contributed by atoms with Crippen molar-refractivity contribution in [1.29, 1.82) is 0 Å². The van der Waals surface area contributed by atoms with Gasteiger partial charge in [-0.25, -0.2) is 4.79 Å². The fourth-order valence-corrected chi connectivity index (χ4v) is 3.23. The SMILES string of the molecule is CSC(C)CNC(=O)NC1CCC(C(=O)O)C(C)(C)C1C. The zero-order chi connectivity index (χ0) is 16.2. The van der Waals surface area contributed by atoms with Crippen LogP contribution in [-0.2, 0) is 4.79 Å². The van der Waals surface area contributed by atoms with Crippen LogP contribution in [0.15, 0.2) is 0 Å². The molecule has 3 N–H and O–H groups in total. The van der Waals surface area contributed by atoms with Crippen LogP contribution in [0.25, 0.3) is 0 Å². The minimum absolute atomic E-state index is 0.0279. The highest BCUT2D eigenvalue weighted by Gasteiger charge is 2.46. The van der Waals surface area contributed by atoms with Gasteiger partial charge < -0.3 is 15.7 Å². The van der Waals surface area contributed by atoms with Gasteiger partial charge in [0.2, 0.25) is 0 Å². The zero-order valence-electron chi connectivity index (χ0n) is 13.6. The van der Waals surface area contributed by atoms with Crippen molar-refractivity contribution in [3.8, 4) is 0 Å². The third-order valence-corrected chi connectivity index (χ3v) is 5.98. The molecule has 4 unspecified atom stereocenters. The van der Waals surface area contributed by atoms with Crippen LogP contribution in [0.3, 0.4) is 0 Å². The molecule has 0 radical (unpaired) electrons. The summed E-state index contributed by atoms with van der Waals surface area (Å²) in [6.07, 6.45) is 3.34. The van der Waals surface area contributed by atoms with E-state index in [9.17, 15) is 14.7 Å². The van der Waals surface area contributed by atoms with Crippen LogP contribution < -0.4 is 10.6 Å². The van der Waals surface area contributed by atoms with Crippen LogP contribution >= 0.6 is 11.8 Å². The molecule has 0 spiro atoms. The number of rotatable bonds is 5. The fourth-order valence-electron chi connectivity index (χ4n) is 2.98. The number of hydrogen-bond acceptors (Lipinski definition) is 3. The molecule has 0 saturated heterocycles. The van der Waals surface area contributed by atoms with Gasteiger partial charge in [0.15, 0.2) is 0 Å². The normalized spacial score (nSPS) is 29.5. The summed E-state index contributed by atoms with van der Waals surface area (Å²) in [4.78, 5) is 23.3. The first kappa shape index (κ1) is 18.1. The Balaban J connectivity index is 2.58. The van der Waals surface area contributed by atoms with Gasteiger partial charge in [-0.05, 0) is 30.4 Å². The highest BCUT2D eigenvalue weighted by Crippen LogP contribution is 2.45. The van der Waals surface area contributed by atoms with Crippen LogP contribution in [0, 0.1) is 17.3 Å². The van der Waals surface area contributed by atoms with Gasteiger partial charge in [0.25, 0.3) is 0 Å². The summed E-state index contributed by atoms with van der Waals surface area (Å²) < 4.78 is 0. The van der Waals surface area contributed by atoms with Gasteiger partial charge in [-0.2, -0.15) is 11.8 Å². The number of urea groups is 1. The lowest BCUT2D eigenvalue weighted by atomic mass is 9.61. The Morgan fingerprint density at radius 2 is 2.00 bits per heavy atom. The minimum Gasteiger partial charge on any atom is -0.481 e. The van der Waals surface area contributed by atoms with E-state index in [2.05, 4.69) is 17.6 Å². The molecule has 1 rings (SSSR count). The summed E-state index contributed by atoms with van der Waals surface area (Å²) >= 11 is 1.71. The van der Waals surface area contributed by atoms with E-state index >= 15 is 0 Å². The first-order chi connectivity index (χ1) is 9.70. The van der Waals surface area contributed by atoms with Gasteiger partial charge in [0.1, 0.15) is 0 Å². The Morgan fingerprint density at radius 1 is 1.38 bits per heavy atom. The Labute approximate surface area is 131 Å². The molecule has 0 bridgehead atoms. The topological polar surface area (TPSA) is 78.4 Å². The van der Waals surface area contributed by atoms with E-state index in [1.165, 1.54) is 0 Å². The molecule has 0 aromatic rings. The second kappa shape index (κ2) is 7.38. The van der Waals surface area contributed by atoms with Crippen molar-refractivity contribution in [1.82, 2.24) is 10.6 Å². The molecule has 1 aliphatic carbocycles. The van der Waals surface area contributed by atoms with Crippen LogP contribution in [0.1, 0.15) is 40.5 Å². The number of thioether (sulfide) groups is 1. The lowest BCUT2D eigenvalue weighted by Gasteiger charge is -2.46. The van der Waals surface area contributed by atoms with Crippen LogP contribution in [0.2, 0.25) is 0 Å². The third kappa shape index (κ3) is 4.53. The molecule has 6 heteroatoms. The molecular weight excluding hydrogens is 288 g/mol. The number of aliphatic carboxylic acids is 1. The zero-order valence-corrected chi connectivity index (χ0v) is 14.4. The van der Waals surface area contributed by atoms with E-state index in [4.69, 9.17) is 0 Å². The molecule has 0 heterocycles. The minimum atomic E-state index is -0.733. The summed E-state index contributed by atoms with van der Waals surface area (Å²) in [5, 5.41) is 15.6. The van der Waals surface area contributed by atoms with E-state index in [1.54, 1.807) is 11.8 Å². The van der Waals surface area contributed by atoms with Crippen molar-refractivity contribution in [2.24, 2.45) is 17.3 Å². The number of nitrogens with one attached hydrogen (secondary N) is 2. The van der Waals surface area contributed by atoms with Gasteiger partial charge in [-0.15, -0.1) is 0 Å². The Kier molecular flexibility index (Phi) is 6.38. The molecule has 1 saturated carbocycles. The molecule has 5 nitrogen and oxygen atoms in total. The van der Waals surface area contributed by atoms with E-state index in [1.807, 2.05) is 27.0 Å². The first-order valence-corrected chi connectivity index (χ1v) is 8.78. The van der Waals surface area contributed by atoms with Gasteiger partial charge in [0, 0.05) is 17.8 Å². The molecule has 4 atom stereocenters. The van der Waals surface area contributed by atoms with Crippen molar-refractivity contribution >= 4 is 23.8 Å². The second-order valence-electron chi connectivity index (χ2n) is 6.59. The van der Waals surface area contributed by atoms with Gasteiger partial charge in [-0.3, -0.25) is 4.79 Å². The maximum Gasteiger partial charge on any atom is 0.315 e. The highest BCUT2D eigenvalue weighted by molar-refractivity contribution is 7.99. The number of carboxylic acid groups (broad SMARTS) is 1. The van der Waals surface area contributed by atoms with Gasteiger partial charge >= 0.3 is 12.0 Å². The maximum absolute atomic E-state index is 12.0. The van der Waals surface area contributed by atoms with Crippen molar-refractivity contribution in [3.63, 3.8) is 0 Å². The quantitative estimate of drug-likeness (QED) is 0.728. The maximum atomic E-state index is 12.0. The fraction of sp³-hybridized carbons (Fsp3) is 0.867. The predicted molar refractivity (Wildman–Crippen MR) is 86.6 cm³/mol. The van der Waals surface area contributed by atoms with Crippen molar-refractivity contribution in [2.45, 2.75) is 51.8 Å². The van der Waals surface area contributed by atoms with Crippen LogP contribution in [0.5, 0.6) is 0 Å². The predicted octanol–water partition coefficient (Wildman–Crippen LogP) is 2.56.